The number of nitrogens with zero attached hydrogens (tertiary/aromatic N) is 3. The van der Waals surface area contributed by atoms with Crippen LogP contribution in [0.25, 0.3) is 0 Å². The van der Waals surface area contributed by atoms with Crippen molar-refractivity contribution in [1.29, 1.82) is 0 Å². The van der Waals surface area contributed by atoms with Crippen LogP contribution in [0.4, 0.5) is 5.69 Å². The number of hydrogen-bond donors (Lipinski definition) is 0. The lowest BCUT2D eigenvalue weighted by Gasteiger charge is -2.30. The predicted octanol–water partition coefficient (Wildman–Crippen LogP) is 5.32. The number of halogens is 1. The molecule has 1 amide bonds. The maximum absolute atomic E-state index is 13.6. The lowest BCUT2D eigenvalue weighted by atomic mass is 10.0. The molecule has 1 aliphatic rings. The SMILES string of the molecule is CN(c1cccc(Cl)c1)S(=O)(=O)c1cccc(C(=O)N2CCCCCC2c2ccncc2)c1. The highest BCUT2D eigenvalue weighted by molar-refractivity contribution is 7.92. The second-order valence-electron chi connectivity index (χ2n) is 8.12. The number of carbonyl (C=O) groups is 1. The Morgan fingerprint density at radius 2 is 1.79 bits per heavy atom. The van der Waals surface area contributed by atoms with Crippen molar-refractivity contribution in [2.45, 2.75) is 36.6 Å². The van der Waals surface area contributed by atoms with Crippen molar-refractivity contribution in [1.82, 2.24) is 9.88 Å². The van der Waals surface area contributed by atoms with Gasteiger partial charge in [0.05, 0.1) is 16.6 Å². The van der Waals surface area contributed by atoms with E-state index in [1.807, 2.05) is 17.0 Å². The number of benzene rings is 2. The summed E-state index contributed by atoms with van der Waals surface area (Å²) < 4.78 is 27.7. The Bertz CT molecular complexity index is 1230. The number of anilines is 1. The average molecular weight is 484 g/mol. The van der Waals surface area contributed by atoms with Gasteiger partial charge in [-0.1, -0.05) is 36.6 Å². The van der Waals surface area contributed by atoms with Crippen LogP contribution in [-0.2, 0) is 10.0 Å². The number of pyridine rings is 1. The third kappa shape index (κ3) is 5.04. The summed E-state index contributed by atoms with van der Waals surface area (Å²) in [5.41, 5.74) is 1.85. The lowest BCUT2D eigenvalue weighted by molar-refractivity contribution is 0.0680. The molecule has 0 bridgehead atoms. The number of sulfonamides is 1. The molecule has 6 nitrogen and oxygen atoms in total. The molecular weight excluding hydrogens is 458 g/mol. The molecule has 1 aliphatic heterocycles. The molecule has 0 spiro atoms. The second kappa shape index (κ2) is 9.93. The van der Waals surface area contributed by atoms with E-state index in [4.69, 9.17) is 11.6 Å². The van der Waals surface area contributed by atoms with E-state index in [2.05, 4.69) is 4.98 Å². The summed E-state index contributed by atoms with van der Waals surface area (Å²) in [6.07, 6.45) is 7.36. The van der Waals surface area contributed by atoms with Crippen molar-refractivity contribution in [2.24, 2.45) is 0 Å². The van der Waals surface area contributed by atoms with E-state index in [9.17, 15) is 13.2 Å². The van der Waals surface area contributed by atoms with Gasteiger partial charge in [-0.25, -0.2) is 8.42 Å². The van der Waals surface area contributed by atoms with E-state index in [1.165, 1.54) is 23.5 Å². The molecule has 172 valence electrons. The normalized spacial score (nSPS) is 16.8. The molecular formula is C25H26ClN3O3S. The Morgan fingerprint density at radius 3 is 2.55 bits per heavy atom. The van der Waals surface area contributed by atoms with Gasteiger partial charge in [-0.05, 0) is 66.9 Å². The van der Waals surface area contributed by atoms with E-state index < -0.39 is 10.0 Å². The van der Waals surface area contributed by atoms with Crippen LogP contribution in [0.3, 0.4) is 0 Å². The number of amides is 1. The van der Waals surface area contributed by atoms with Crippen LogP contribution in [-0.4, -0.2) is 37.8 Å². The number of hydrogen-bond acceptors (Lipinski definition) is 4. The second-order valence-corrected chi connectivity index (χ2v) is 10.5. The van der Waals surface area contributed by atoms with E-state index in [-0.39, 0.29) is 16.8 Å². The zero-order valence-corrected chi connectivity index (χ0v) is 20.0. The standard InChI is InChI=1S/C25H26ClN3O3S/c1-28(22-9-6-8-21(26)18-22)33(31,32)23-10-5-7-20(17-23)25(30)29-16-4-2-3-11-24(29)19-12-14-27-15-13-19/h5-10,12-15,17-18,24H,2-4,11,16H2,1H3. The van der Waals surface area contributed by atoms with Crippen LogP contribution >= 0.6 is 11.6 Å². The molecule has 2 heterocycles. The first-order valence-corrected chi connectivity index (χ1v) is 12.8. The zero-order chi connectivity index (χ0) is 23.4. The molecule has 3 aromatic rings. The molecule has 0 radical (unpaired) electrons. The summed E-state index contributed by atoms with van der Waals surface area (Å²) >= 11 is 6.04. The van der Waals surface area contributed by atoms with Crippen molar-refractivity contribution in [3.63, 3.8) is 0 Å². The molecule has 1 atom stereocenters. The fourth-order valence-corrected chi connectivity index (χ4v) is 5.63. The molecule has 1 aromatic heterocycles. The van der Waals surface area contributed by atoms with Crippen molar-refractivity contribution in [3.05, 3.63) is 89.2 Å². The number of likely N-dealkylation sites (tertiary alicyclic amines) is 1. The molecule has 8 heteroatoms. The van der Waals surface area contributed by atoms with Gasteiger partial charge < -0.3 is 4.90 Å². The average Bonchev–Trinajstić information content (AvgIpc) is 3.10. The van der Waals surface area contributed by atoms with Gasteiger partial charge in [0.25, 0.3) is 15.9 Å². The topological polar surface area (TPSA) is 70.6 Å². The fourth-order valence-electron chi connectivity index (χ4n) is 4.21. The van der Waals surface area contributed by atoms with Gasteiger partial charge in [0, 0.05) is 36.6 Å². The van der Waals surface area contributed by atoms with Crippen molar-refractivity contribution in [2.75, 3.05) is 17.9 Å². The zero-order valence-electron chi connectivity index (χ0n) is 18.4. The van der Waals surface area contributed by atoms with Crippen LogP contribution < -0.4 is 4.31 Å². The first kappa shape index (κ1) is 23.3. The minimum Gasteiger partial charge on any atom is -0.332 e. The molecule has 4 rings (SSSR count). The van der Waals surface area contributed by atoms with E-state index in [1.54, 1.807) is 48.8 Å². The third-order valence-electron chi connectivity index (χ3n) is 6.02. The Balaban J connectivity index is 1.65. The molecule has 1 unspecified atom stereocenters. The third-order valence-corrected chi connectivity index (χ3v) is 8.03. The fraction of sp³-hybridized carbons (Fsp3) is 0.280. The minimum atomic E-state index is -3.87. The van der Waals surface area contributed by atoms with Gasteiger partial charge in [0.2, 0.25) is 0 Å². The lowest BCUT2D eigenvalue weighted by Crippen LogP contribution is -2.35. The summed E-state index contributed by atoms with van der Waals surface area (Å²) in [5.74, 6) is -0.166. The molecule has 33 heavy (non-hydrogen) atoms. The van der Waals surface area contributed by atoms with Crippen LogP contribution in [0.15, 0.2) is 78.0 Å². The number of carbonyl (C=O) groups excluding carboxylic acids is 1. The van der Waals surface area contributed by atoms with E-state index >= 15 is 0 Å². The Kier molecular flexibility index (Phi) is 7.00. The molecule has 0 aliphatic carbocycles. The van der Waals surface area contributed by atoms with Crippen molar-refractivity contribution in [3.8, 4) is 0 Å². The quantitative estimate of drug-likeness (QED) is 0.492. The maximum Gasteiger partial charge on any atom is 0.264 e. The Morgan fingerprint density at radius 1 is 1.03 bits per heavy atom. The first-order valence-electron chi connectivity index (χ1n) is 10.9. The predicted molar refractivity (Wildman–Crippen MR) is 130 cm³/mol. The summed E-state index contributed by atoms with van der Waals surface area (Å²) in [7, 11) is -2.40. The summed E-state index contributed by atoms with van der Waals surface area (Å²) in [4.78, 5) is 19.6. The summed E-state index contributed by atoms with van der Waals surface area (Å²) in [5, 5.41) is 0.446. The largest absolute Gasteiger partial charge is 0.332 e. The van der Waals surface area contributed by atoms with Crippen LogP contribution in [0.5, 0.6) is 0 Å². The van der Waals surface area contributed by atoms with Crippen LogP contribution in [0.2, 0.25) is 5.02 Å². The van der Waals surface area contributed by atoms with Crippen molar-refractivity contribution < 1.29 is 13.2 Å². The first-order chi connectivity index (χ1) is 15.9. The molecule has 2 aromatic carbocycles. The molecule has 1 fully saturated rings. The highest BCUT2D eigenvalue weighted by Crippen LogP contribution is 2.32. The van der Waals surface area contributed by atoms with Gasteiger partial charge >= 0.3 is 0 Å². The monoisotopic (exact) mass is 483 g/mol. The smallest absolute Gasteiger partial charge is 0.264 e. The Labute approximate surface area is 199 Å². The number of aromatic nitrogens is 1. The highest BCUT2D eigenvalue weighted by atomic mass is 35.5. The van der Waals surface area contributed by atoms with E-state index in [0.29, 0.717) is 22.8 Å². The van der Waals surface area contributed by atoms with Crippen LogP contribution in [0, 0.1) is 0 Å². The van der Waals surface area contributed by atoms with Crippen LogP contribution in [0.1, 0.15) is 47.6 Å². The Hall–Kier alpha value is -2.90. The molecule has 1 saturated heterocycles. The van der Waals surface area contributed by atoms with Gasteiger partial charge in [-0.3, -0.25) is 14.1 Å². The van der Waals surface area contributed by atoms with Gasteiger partial charge in [0.1, 0.15) is 0 Å². The van der Waals surface area contributed by atoms with E-state index in [0.717, 1.165) is 31.2 Å². The number of rotatable bonds is 5. The molecule has 0 saturated carbocycles. The van der Waals surface area contributed by atoms with Gasteiger partial charge in [-0.15, -0.1) is 0 Å². The summed E-state index contributed by atoms with van der Waals surface area (Å²) in [6, 6.07) is 16.7. The molecule has 0 N–H and O–H groups in total. The highest BCUT2D eigenvalue weighted by Gasteiger charge is 2.29. The minimum absolute atomic E-state index is 0.0580. The maximum atomic E-state index is 13.6. The van der Waals surface area contributed by atoms with Gasteiger partial charge in [0.15, 0.2) is 0 Å². The summed E-state index contributed by atoms with van der Waals surface area (Å²) in [6.45, 7) is 0.630. The van der Waals surface area contributed by atoms with Gasteiger partial charge in [-0.2, -0.15) is 0 Å². The van der Waals surface area contributed by atoms with Crippen molar-refractivity contribution >= 4 is 33.2 Å².